The van der Waals surface area contributed by atoms with Crippen molar-refractivity contribution in [3.8, 4) is 0 Å². The van der Waals surface area contributed by atoms with E-state index in [1.54, 1.807) is 0 Å². The summed E-state index contributed by atoms with van der Waals surface area (Å²) in [5.74, 6) is -0.338. The van der Waals surface area contributed by atoms with Crippen molar-refractivity contribution >= 4 is 34.3 Å². The van der Waals surface area contributed by atoms with Crippen molar-refractivity contribution in [1.29, 1.82) is 0 Å². The minimum atomic E-state index is -0.556. The van der Waals surface area contributed by atoms with Gasteiger partial charge in [0.05, 0.1) is 18.1 Å². The average molecular weight is 538 g/mol. The van der Waals surface area contributed by atoms with E-state index in [4.69, 9.17) is 17.0 Å². The number of piperidine rings is 1. The number of benzene rings is 2. The average Bonchev–Trinajstić information content (AvgIpc) is 3.24. The van der Waals surface area contributed by atoms with Crippen LogP contribution in [0.1, 0.15) is 38.3 Å². The molecule has 0 amide bonds. The summed E-state index contributed by atoms with van der Waals surface area (Å²) in [5, 5.41) is 3.77. The minimum Gasteiger partial charge on any atom is -0.467 e. The van der Waals surface area contributed by atoms with E-state index in [-0.39, 0.29) is 17.7 Å². The summed E-state index contributed by atoms with van der Waals surface area (Å²) >= 11 is 5.71. The zero-order valence-corrected chi connectivity index (χ0v) is 23.5. The zero-order chi connectivity index (χ0) is 27.1. The Morgan fingerprint density at radius 1 is 1.05 bits per heavy atom. The van der Waals surface area contributed by atoms with E-state index in [0.29, 0.717) is 31.2 Å². The molecule has 9 heteroatoms. The maximum absolute atomic E-state index is 13.6. The lowest BCUT2D eigenvalue weighted by atomic mass is 10.0. The Balaban J connectivity index is 1.44. The number of nitrogens with zero attached hydrogens (tertiary/aromatic N) is 4. The summed E-state index contributed by atoms with van der Waals surface area (Å²) in [6, 6.07) is 17.5. The van der Waals surface area contributed by atoms with Gasteiger partial charge in [-0.3, -0.25) is 9.13 Å². The molecule has 38 heavy (non-hydrogen) atoms. The predicted octanol–water partition coefficient (Wildman–Crippen LogP) is 3.44. The number of hydrogen-bond acceptors (Lipinski definition) is 5. The third-order valence-corrected chi connectivity index (χ3v) is 7.96. The smallest absolute Gasteiger partial charge is 0.329 e. The number of para-hydroxylation sites is 2. The van der Waals surface area contributed by atoms with Gasteiger partial charge in [0.2, 0.25) is 0 Å². The number of carbonyl (C=O) groups is 1. The maximum Gasteiger partial charge on any atom is 0.329 e. The highest BCUT2D eigenvalue weighted by Crippen LogP contribution is 2.26. The number of rotatable bonds is 10. The van der Waals surface area contributed by atoms with Gasteiger partial charge in [-0.2, -0.15) is 0 Å². The first-order chi connectivity index (χ1) is 18.5. The molecule has 8 nitrogen and oxygen atoms in total. The lowest BCUT2D eigenvalue weighted by Crippen LogP contribution is -2.51. The van der Waals surface area contributed by atoms with E-state index >= 15 is 0 Å². The lowest BCUT2D eigenvalue weighted by molar-refractivity contribution is -0.142. The number of fused-ring (bicyclic) bond motifs is 1. The van der Waals surface area contributed by atoms with Gasteiger partial charge in [0.1, 0.15) is 6.04 Å². The third kappa shape index (κ3) is 6.27. The van der Waals surface area contributed by atoms with E-state index in [0.717, 1.165) is 49.1 Å². The molecule has 0 saturated carbocycles. The molecule has 204 valence electrons. The highest BCUT2D eigenvalue weighted by atomic mass is 32.1. The van der Waals surface area contributed by atoms with Crippen LogP contribution in [-0.4, -0.2) is 75.9 Å². The highest BCUT2D eigenvalue weighted by molar-refractivity contribution is 7.80. The third-order valence-electron chi connectivity index (χ3n) is 7.59. The number of ether oxygens (including phenoxy) is 1. The molecule has 0 bridgehead atoms. The van der Waals surface area contributed by atoms with E-state index in [2.05, 4.69) is 29.0 Å². The molecule has 2 heterocycles. The normalized spacial score (nSPS) is 15.1. The molecule has 0 aliphatic carbocycles. The van der Waals surface area contributed by atoms with Crippen LogP contribution in [0.4, 0.5) is 0 Å². The Kier molecular flexibility index (Phi) is 9.58. The lowest BCUT2D eigenvalue weighted by Gasteiger charge is -2.35. The fourth-order valence-electron chi connectivity index (χ4n) is 5.34. The SMILES string of the molecule is CCN(CC)CCn1c(=O)n(C2CCN(C(=S)NC(Cc3ccccc3)C(=O)OC)CC2)c2ccccc21. The van der Waals surface area contributed by atoms with Gasteiger partial charge in [0.25, 0.3) is 0 Å². The van der Waals surface area contributed by atoms with Crippen molar-refractivity contribution in [1.82, 2.24) is 24.3 Å². The van der Waals surface area contributed by atoms with Crippen molar-refractivity contribution in [2.24, 2.45) is 0 Å². The molecule has 1 fully saturated rings. The summed E-state index contributed by atoms with van der Waals surface area (Å²) < 4.78 is 8.94. The number of esters is 1. The fraction of sp³-hybridized carbons (Fsp3) is 0.483. The van der Waals surface area contributed by atoms with Gasteiger partial charge in [-0.25, -0.2) is 9.59 Å². The van der Waals surface area contributed by atoms with Gasteiger partial charge in [-0.05, 0) is 55.8 Å². The van der Waals surface area contributed by atoms with Crippen molar-refractivity contribution in [3.05, 3.63) is 70.6 Å². The Hall–Kier alpha value is -3.17. The van der Waals surface area contributed by atoms with E-state index in [9.17, 15) is 9.59 Å². The van der Waals surface area contributed by atoms with Crippen molar-refractivity contribution in [2.75, 3.05) is 39.8 Å². The molecule has 4 rings (SSSR count). The highest BCUT2D eigenvalue weighted by Gasteiger charge is 2.28. The summed E-state index contributed by atoms with van der Waals surface area (Å²) in [6.07, 6.45) is 2.09. The number of hydrogen-bond donors (Lipinski definition) is 1. The van der Waals surface area contributed by atoms with Crippen LogP contribution in [-0.2, 0) is 22.5 Å². The number of aromatic nitrogens is 2. The molecule has 0 spiro atoms. The largest absolute Gasteiger partial charge is 0.467 e. The number of nitrogens with one attached hydrogen (secondary N) is 1. The summed E-state index contributed by atoms with van der Waals surface area (Å²) in [5.41, 5.74) is 3.08. The van der Waals surface area contributed by atoms with Crippen molar-refractivity contribution < 1.29 is 9.53 Å². The van der Waals surface area contributed by atoms with E-state index in [1.165, 1.54) is 7.11 Å². The second-order valence-corrected chi connectivity index (χ2v) is 10.1. The Morgan fingerprint density at radius 2 is 1.68 bits per heavy atom. The van der Waals surface area contributed by atoms with Gasteiger partial charge in [0, 0.05) is 38.6 Å². The number of imidazole rings is 1. The summed E-state index contributed by atoms with van der Waals surface area (Å²) in [7, 11) is 1.40. The molecule has 0 radical (unpaired) electrons. The molecular formula is C29H39N5O3S. The first-order valence-corrected chi connectivity index (χ1v) is 14.0. The molecule has 3 aromatic rings. The first-order valence-electron chi connectivity index (χ1n) is 13.6. The van der Waals surface area contributed by atoms with Crippen molar-refractivity contribution in [2.45, 2.75) is 51.7 Å². The van der Waals surface area contributed by atoms with Crippen LogP contribution in [0.25, 0.3) is 11.0 Å². The molecule has 2 aromatic carbocycles. The Bertz CT molecular complexity index is 1280. The number of likely N-dealkylation sites (N-methyl/N-ethyl adjacent to an activating group) is 1. The fourth-order valence-corrected chi connectivity index (χ4v) is 5.66. The molecule has 1 aliphatic heterocycles. The molecule has 1 atom stereocenters. The van der Waals surface area contributed by atoms with Crippen LogP contribution in [0, 0.1) is 0 Å². The monoisotopic (exact) mass is 537 g/mol. The first kappa shape index (κ1) is 27.9. The van der Waals surface area contributed by atoms with Crippen LogP contribution in [0.3, 0.4) is 0 Å². The number of carbonyl (C=O) groups excluding carboxylic acids is 1. The van der Waals surface area contributed by atoms with Crippen molar-refractivity contribution in [3.63, 3.8) is 0 Å². The predicted molar refractivity (Wildman–Crippen MR) is 156 cm³/mol. The standard InChI is InChI=1S/C29H39N5O3S/c1-4-31(5-2)19-20-33-25-13-9-10-14-26(25)34(29(33)36)23-15-17-32(18-16-23)28(38)30-24(27(35)37-3)21-22-11-7-6-8-12-22/h6-14,23-24H,4-5,15-21H2,1-3H3,(H,30,38). The van der Waals surface area contributed by atoms with E-state index < -0.39 is 6.04 Å². The molecule has 1 aromatic heterocycles. The van der Waals surface area contributed by atoms with Crippen LogP contribution in [0.15, 0.2) is 59.4 Å². The van der Waals surface area contributed by atoms with Gasteiger partial charge in [0.15, 0.2) is 5.11 Å². The second-order valence-electron chi connectivity index (χ2n) is 9.75. The molecule has 1 unspecified atom stereocenters. The quantitative estimate of drug-likeness (QED) is 0.314. The maximum atomic E-state index is 13.6. The van der Waals surface area contributed by atoms with Gasteiger partial charge in [-0.15, -0.1) is 0 Å². The number of methoxy groups -OCH3 is 1. The van der Waals surface area contributed by atoms with Gasteiger partial charge in [-0.1, -0.05) is 56.3 Å². The molecular weight excluding hydrogens is 498 g/mol. The number of likely N-dealkylation sites (tertiary alicyclic amines) is 1. The van der Waals surface area contributed by atoms with Gasteiger partial charge >= 0.3 is 11.7 Å². The zero-order valence-electron chi connectivity index (χ0n) is 22.6. The molecule has 1 aliphatic rings. The molecule has 1 N–H and O–H groups in total. The second kappa shape index (κ2) is 13.1. The number of thiocarbonyl (C=S) groups is 1. The summed E-state index contributed by atoms with van der Waals surface area (Å²) in [4.78, 5) is 30.5. The molecule has 1 saturated heterocycles. The van der Waals surface area contributed by atoms with Gasteiger partial charge < -0.3 is 19.9 Å². The van der Waals surface area contributed by atoms with Crippen LogP contribution < -0.4 is 11.0 Å². The minimum absolute atomic E-state index is 0.0612. The Morgan fingerprint density at radius 3 is 2.32 bits per heavy atom. The summed E-state index contributed by atoms with van der Waals surface area (Å²) in [6.45, 7) is 9.19. The Labute approximate surface area is 230 Å². The van der Waals surface area contributed by atoms with Crippen LogP contribution in [0.2, 0.25) is 0 Å². The topological polar surface area (TPSA) is 71.7 Å². The van der Waals surface area contributed by atoms with Crippen LogP contribution in [0.5, 0.6) is 0 Å². The van der Waals surface area contributed by atoms with E-state index in [1.807, 2.05) is 63.7 Å². The van der Waals surface area contributed by atoms with Crippen LogP contribution >= 0.6 is 12.2 Å².